The van der Waals surface area contributed by atoms with Crippen molar-refractivity contribution >= 4 is 27.6 Å². The van der Waals surface area contributed by atoms with Gasteiger partial charge >= 0.3 is 5.97 Å². The Kier molecular flexibility index (Phi) is 7.78. The van der Waals surface area contributed by atoms with Gasteiger partial charge in [0.05, 0.1) is 24.8 Å². The number of esters is 1. The molecule has 29 heavy (non-hydrogen) atoms. The molecule has 8 nitrogen and oxygen atoms in total. The SMILES string of the molecule is CCOC(=O)C1CCCN(C(=O)CN(C)C(=O)c2cccc(CS(C)(=O)=O)c2)C1. The molecule has 1 unspecified atom stereocenters. The topological polar surface area (TPSA) is 101 Å². The number of ether oxygens (including phenoxy) is 1. The van der Waals surface area contributed by atoms with E-state index in [-0.39, 0.29) is 36.0 Å². The standard InChI is InChI=1S/C20H28N2O6S/c1-4-28-20(25)17-9-6-10-22(12-17)18(23)13-21(2)19(24)16-8-5-7-15(11-16)14-29(3,26)27/h5,7-8,11,17H,4,6,9-10,12-14H2,1-3H3. The van der Waals surface area contributed by atoms with Crippen LogP contribution in [-0.2, 0) is 29.9 Å². The lowest BCUT2D eigenvalue weighted by molar-refractivity contribution is -0.151. The van der Waals surface area contributed by atoms with Crippen molar-refractivity contribution < 1.29 is 27.5 Å². The Bertz CT molecular complexity index is 867. The monoisotopic (exact) mass is 424 g/mol. The van der Waals surface area contributed by atoms with Crippen molar-refractivity contribution in [3.05, 3.63) is 35.4 Å². The summed E-state index contributed by atoms with van der Waals surface area (Å²) in [5.74, 6) is -1.38. The molecule has 1 heterocycles. The summed E-state index contributed by atoms with van der Waals surface area (Å²) in [7, 11) is -1.69. The summed E-state index contributed by atoms with van der Waals surface area (Å²) in [5, 5.41) is 0. The number of sulfone groups is 1. The van der Waals surface area contributed by atoms with Crippen LogP contribution in [0.3, 0.4) is 0 Å². The summed E-state index contributed by atoms with van der Waals surface area (Å²) < 4.78 is 28.0. The number of piperidine rings is 1. The highest BCUT2D eigenvalue weighted by atomic mass is 32.2. The fraction of sp³-hybridized carbons (Fsp3) is 0.550. The van der Waals surface area contributed by atoms with Crippen LogP contribution in [0.25, 0.3) is 0 Å². The van der Waals surface area contributed by atoms with Crippen molar-refractivity contribution in [1.82, 2.24) is 9.80 Å². The van der Waals surface area contributed by atoms with Crippen molar-refractivity contribution in [2.75, 3.05) is 39.5 Å². The van der Waals surface area contributed by atoms with Crippen molar-refractivity contribution in [3.63, 3.8) is 0 Å². The average Bonchev–Trinajstić information content (AvgIpc) is 2.66. The second-order valence-electron chi connectivity index (χ2n) is 7.36. The predicted octanol–water partition coefficient (Wildman–Crippen LogP) is 1.10. The minimum Gasteiger partial charge on any atom is -0.466 e. The van der Waals surface area contributed by atoms with E-state index in [1.54, 1.807) is 30.0 Å². The number of hydrogen-bond donors (Lipinski definition) is 0. The van der Waals surface area contributed by atoms with Crippen LogP contribution in [0.1, 0.15) is 35.7 Å². The van der Waals surface area contributed by atoms with E-state index >= 15 is 0 Å². The number of carbonyl (C=O) groups is 3. The second kappa shape index (κ2) is 9.87. The van der Waals surface area contributed by atoms with E-state index in [0.29, 0.717) is 43.7 Å². The van der Waals surface area contributed by atoms with Gasteiger partial charge in [0.1, 0.15) is 0 Å². The third kappa shape index (κ3) is 6.85. The van der Waals surface area contributed by atoms with E-state index in [4.69, 9.17) is 4.74 Å². The highest BCUT2D eigenvalue weighted by molar-refractivity contribution is 7.89. The Labute approximate surface area is 171 Å². The van der Waals surface area contributed by atoms with Crippen molar-refractivity contribution in [2.24, 2.45) is 5.92 Å². The third-order valence-electron chi connectivity index (χ3n) is 4.72. The molecule has 1 saturated heterocycles. The first-order valence-corrected chi connectivity index (χ1v) is 11.6. The molecule has 2 amide bonds. The zero-order valence-electron chi connectivity index (χ0n) is 17.1. The lowest BCUT2D eigenvalue weighted by Crippen LogP contribution is -2.47. The molecule has 160 valence electrons. The molecule has 1 fully saturated rings. The maximum atomic E-state index is 12.7. The number of likely N-dealkylation sites (tertiary alicyclic amines) is 1. The molecule has 1 atom stereocenters. The number of hydrogen-bond acceptors (Lipinski definition) is 6. The van der Waals surface area contributed by atoms with E-state index < -0.39 is 9.84 Å². The quantitative estimate of drug-likeness (QED) is 0.608. The van der Waals surface area contributed by atoms with Gasteiger partial charge in [-0.2, -0.15) is 0 Å². The molecular formula is C20H28N2O6S. The van der Waals surface area contributed by atoms with Gasteiger partial charge in [-0.25, -0.2) is 8.42 Å². The minimum atomic E-state index is -3.21. The molecule has 1 aromatic rings. The normalized spacial score (nSPS) is 16.9. The lowest BCUT2D eigenvalue weighted by atomic mass is 9.98. The van der Waals surface area contributed by atoms with E-state index in [9.17, 15) is 22.8 Å². The Morgan fingerprint density at radius 3 is 2.66 bits per heavy atom. The molecule has 0 aromatic heterocycles. The molecular weight excluding hydrogens is 396 g/mol. The third-order valence-corrected chi connectivity index (χ3v) is 5.57. The lowest BCUT2D eigenvalue weighted by Gasteiger charge is -2.32. The Morgan fingerprint density at radius 2 is 2.00 bits per heavy atom. The fourth-order valence-corrected chi connectivity index (χ4v) is 4.13. The van der Waals surface area contributed by atoms with Crippen LogP contribution in [0, 0.1) is 5.92 Å². The highest BCUT2D eigenvalue weighted by Crippen LogP contribution is 2.18. The summed E-state index contributed by atoms with van der Waals surface area (Å²) >= 11 is 0. The summed E-state index contributed by atoms with van der Waals surface area (Å²) in [5.41, 5.74) is 0.843. The number of carbonyl (C=O) groups excluding carboxylic acids is 3. The number of amides is 2. The van der Waals surface area contributed by atoms with Crippen LogP contribution < -0.4 is 0 Å². The first-order valence-electron chi connectivity index (χ1n) is 9.57. The zero-order chi connectivity index (χ0) is 21.6. The highest BCUT2D eigenvalue weighted by Gasteiger charge is 2.30. The largest absolute Gasteiger partial charge is 0.466 e. The Hall–Kier alpha value is -2.42. The van der Waals surface area contributed by atoms with Crippen LogP contribution in [0.4, 0.5) is 0 Å². The van der Waals surface area contributed by atoms with Gasteiger partial charge in [0.2, 0.25) is 5.91 Å². The van der Waals surface area contributed by atoms with E-state index in [0.717, 1.165) is 6.26 Å². The van der Waals surface area contributed by atoms with Gasteiger partial charge in [-0.1, -0.05) is 12.1 Å². The molecule has 0 bridgehead atoms. The first kappa shape index (κ1) is 22.9. The summed E-state index contributed by atoms with van der Waals surface area (Å²) in [6.07, 6.45) is 2.53. The number of nitrogens with zero attached hydrogens (tertiary/aromatic N) is 2. The van der Waals surface area contributed by atoms with Gasteiger partial charge in [-0.05, 0) is 37.5 Å². The number of likely N-dealkylation sites (N-methyl/N-ethyl adjacent to an activating group) is 1. The van der Waals surface area contributed by atoms with Crippen LogP contribution in [0.5, 0.6) is 0 Å². The van der Waals surface area contributed by atoms with Crippen LogP contribution in [-0.4, -0.2) is 75.5 Å². The molecule has 0 N–H and O–H groups in total. The molecule has 1 aromatic carbocycles. The smallest absolute Gasteiger partial charge is 0.310 e. The summed E-state index contributed by atoms with van der Waals surface area (Å²) in [6.45, 7) is 2.77. The zero-order valence-corrected chi connectivity index (χ0v) is 17.9. The van der Waals surface area contributed by atoms with Crippen molar-refractivity contribution in [3.8, 4) is 0 Å². The fourth-order valence-electron chi connectivity index (χ4n) is 3.35. The number of rotatable bonds is 7. The van der Waals surface area contributed by atoms with E-state index in [1.807, 2.05) is 0 Å². The second-order valence-corrected chi connectivity index (χ2v) is 9.50. The van der Waals surface area contributed by atoms with Crippen molar-refractivity contribution in [2.45, 2.75) is 25.5 Å². The predicted molar refractivity (Wildman–Crippen MR) is 108 cm³/mol. The van der Waals surface area contributed by atoms with Crippen molar-refractivity contribution in [1.29, 1.82) is 0 Å². The maximum Gasteiger partial charge on any atom is 0.310 e. The molecule has 9 heteroatoms. The van der Waals surface area contributed by atoms with Gasteiger partial charge < -0.3 is 14.5 Å². The van der Waals surface area contributed by atoms with Gasteiger partial charge in [0.15, 0.2) is 9.84 Å². The van der Waals surface area contributed by atoms with Crippen LogP contribution in [0.2, 0.25) is 0 Å². The van der Waals surface area contributed by atoms with Gasteiger partial charge in [-0.15, -0.1) is 0 Å². The average molecular weight is 425 g/mol. The van der Waals surface area contributed by atoms with Gasteiger partial charge in [-0.3, -0.25) is 14.4 Å². The molecule has 0 aliphatic carbocycles. The number of benzene rings is 1. The Morgan fingerprint density at radius 1 is 1.28 bits per heavy atom. The molecule has 2 rings (SSSR count). The first-order chi connectivity index (χ1) is 13.6. The van der Waals surface area contributed by atoms with Crippen LogP contribution >= 0.6 is 0 Å². The Balaban J connectivity index is 1.99. The van der Waals surface area contributed by atoms with E-state index in [1.165, 1.54) is 18.0 Å². The molecule has 0 saturated carbocycles. The van der Waals surface area contributed by atoms with Crippen LogP contribution in [0.15, 0.2) is 24.3 Å². The molecule has 0 radical (unpaired) electrons. The molecule has 0 spiro atoms. The van der Waals surface area contributed by atoms with Gasteiger partial charge in [0.25, 0.3) is 5.91 Å². The maximum absolute atomic E-state index is 12.7. The summed E-state index contributed by atoms with van der Waals surface area (Å²) in [6, 6.07) is 6.39. The van der Waals surface area contributed by atoms with E-state index in [2.05, 4.69) is 0 Å². The molecule has 1 aliphatic heterocycles. The van der Waals surface area contributed by atoms with Gasteiger partial charge in [0, 0.05) is 32.0 Å². The molecule has 1 aliphatic rings. The minimum absolute atomic E-state index is 0.120. The summed E-state index contributed by atoms with van der Waals surface area (Å²) in [4.78, 5) is 40.1.